The van der Waals surface area contributed by atoms with E-state index in [0.717, 1.165) is 5.56 Å². The van der Waals surface area contributed by atoms with E-state index in [9.17, 15) is 4.79 Å². The molecule has 1 aromatic carbocycles. The second kappa shape index (κ2) is 5.61. The Kier molecular flexibility index (Phi) is 4.63. The molecule has 0 radical (unpaired) electrons. The number of hydrogen-bond acceptors (Lipinski definition) is 2. The largest absolute Gasteiger partial charge is 0.481 e. The maximum Gasteiger partial charge on any atom is 0.261 e. The summed E-state index contributed by atoms with van der Waals surface area (Å²) in [5.41, 5.74) is 0.688. The highest BCUT2D eigenvalue weighted by molar-refractivity contribution is 6.30. The predicted molar refractivity (Wildman–Crippen MR) is 74.2 cm³/mol. The molecule has 3 nitrogen and oxygen atoms in total. The molecule has 0 heterocycles. The Hall–Kier alpha value is -1.22. The van der Waals surface area contributed by atoms with E-state index in [1.54, 1.807) is 19.1 Å². The van der Waals surface area contributed by atoms with Crippen molar-refractivity contribution in [1.82, 2.24) is 5.32 Å². The van der Waals surface area contributed by atoms with Crippen LogP contribution in [0.5, 0.6) is 5.75 Å². The van der Waals surface area contributed by atoms with E-state index in [-0.39, 0.29) is 11.4 Å². The van der Waals surface area contributed by atoms with E-state index in [1.807, 2.05) is 33.8 Å². The molecule has 0 aliphatic carbocycles. The number of rotatable bonds is 3. The number of ether oxygens (including phenoxy) is 1. The number of aryl methyl sites for hydroxylation is 1. The molecule has 0 aliphatic heterocycles. The van der Waals surface area contributed by atoms with Crippen molar-refractivity contribution in [2.24, 2.45) is 0 Å². The molecular weight excluding hydrogens is 250 g/mol. The lowest BCUT2D eigenvalue weighted by molar-refractivity contribution is -0.128. The zero-order valence-corrected chi connectivity index (χ0v) is 12.3. The number of carbonyl (C=O) groups is 1. The van der Waals surface area contributed by atoms with Crippen LogP contribution in [0.15, 0.2) is 18.2 Å². The van der Waals surface area contributed by atoms with Gasteiger partial charge in [0.2, 0.25) is 0 Å². The van der Waals surface area contributed by atoms with Gasteiger partial charge in [-0.25, -0.2) is 0 Å². The molecule has 4 heteroatoms. The normalized spacial score (nSPS) is 13.0. The Balaban J connectivity index is 2.72. The van der Waals surface area contributed by atoms with Gasteiger partial charge in [0, 0.05) is 10.6 Å². The highest BCUT2D eigenvalue weighted by Crippen LogP contribution is 2.23. The van der Waals surface area contributed by atoms with Gasteiger partial charge < -0.3 is 10.1 Å². The van der Waals surface area contributed by atoms with Crippen LogP contribution in [0, 0.1) is 6.92 Å². The van der Waals surface area contributed by atoms with Crippen LogP contribution >= 0.6 is 11.6 Å². The van der Waals surface area contributed by atoms with Crippen LogP contribution in [-0.2, 0) is 4.79 Å². The Bertz CT molecular complexity index is 438. The summed E-state index contributed by atoms with van der Waals surface area (Å²) in [6.45, 7) is 9.44. The molecule has 100 valence electrons. The SMILES string of the molecule is Cc1ccc(Cl)cc1OC(C)C(=O)NC(C)(C)C. The van der Waals surface area contributed by atoms with Gasteiger partial charge in [-0.15, -0.1) is 0 Å². The summed E-state index contributed by atoms with van der Waals surface area (Å²) in [6.07, 6.45) is -0.554. The molecule has 1 amide bonds. The maximum absolute atomic E-state index is 11.9. The molecule has 0 spiro atoms. The van der Waals surface area contributed by atoms with Crippen LogP contribution in [0.4, 0.5) is 0 Å². The van der Waals surface area contributed by atoms with Crippen LogP contribution in [0.25, 0.3) is 0 Å². The highest BCUT2D eigenvalue weighted by atomic mass is 35.5. The molecule has 1 N–H and O–H groups in total. The third kappa shape index (κ3) is 4.57. The number of hydrogen-bond donors (Lipinski definition) is 1. The third-order valence-corrected chi connectivity index (χ3v) is 2.56. The predicted octanol–water partition coefficient (Wildman–Crippen LogP) is 3.33. The van der Waals surface area contributed by atoms with Crippen molar-refractivity contribution in [1.29, 1.82) is 0 Å². The second-order valence-corrected chi connectivity index (χ2v) is 5.85. The minimum atomic E-state index is -0.554. The number of nitrogens with one attached hydrogen (secondary N) is 1. The zero-order chi connectivity index (χ0) is 13.9. The first kappa shape index (κ1) is 14.8. The summed E-state index contributed by atoms with van der Waals surface area (Å²) in [5.74, 6) is 0.501. The fourth-order valence-corrected chi connectivity index (χ4v) is 1.58. The van der Waals surface area contributed by atoms with Crippen molar-refractivity contribution in [2.45, 2.75) is 46.3 Å². The molecule has 0 bridgehead atoms. The molecule has 1 unspecified atom stereocenters. The van der Waals surface area contributed by atoms with Gasteiger partial charge >= 0.3 is 0 Å². The van der Waals surface area contributed by atoms with E-state index in [4.69, 9.17) is 16.3 Å². The topological polar surface area (TPSA) is 38.3 Å². The Morgan fingerprint density at radius 2 is 2.00 bits per heavy atom. The second-order valence-electron chi connectivity index (χ2n) is 5.41. The number of amides is 1. The van der Waals surface area contributed by atoms with Crippen molar-refractivity contribution >= 4 is 17.5 Å². The average Bonchev–Trinajstić information content (AvgIpc) is 2.21. The number of benzene rings is 1. The third-order valence-electron chi connectivity index (χ3n) is 2.32. The molecule has 0 aliphatic rings. The van der Waals surface area contributed by atoms with E-state index in [2.05, 4.69) is 5.32 Å². The first-order chi connectivity index (χ1) is 8.19. The molecule has 1 rings (SSSR count). The smallest absolute Gasteiger partial charge is 0.261 e. The van der Waals surface area contributed by atoms with Gasteiger partial charge in [-0.2, -0.15) is 0 Å². The Morgan fingerprint density at radius 1 is 1.39 bits per heavy atom. The first-order valence-corrected chi connectivity index (χ1v) is 6.31. The molecule has 18 heavy (non-hydrogen) atoms. The Labute approximate surface area is 113 Å². The summed E-state index contributed by atoms with van der Waals surface area (Å²) in [7, 11) is 0. The zero-order valence-electron chi connectivity index (χ0n) is 11.5. The summed E-state index contributed by atoms with van der Waals surface area (Å²) in [4.78, 5) is 11.9. The quantitative estimate of drug-likeness (QED) is 0.914. The van der Waals surface area contributed by atoms with Gasteiger partial charge in [-0.3, -0.25) is 4.79 Å². The molecular formula is C14H20ClNO2. The summed E-state index contributed by atoms with van der Waals surface area (Å²) in [6, 6.07) is 5.38. The molecule has 0 saturated heterocycles. The maximum atomic E-state index is 11.9. The van der Waals surface area contributed by atoms with E-state index in [1.165, 1.54) is 0 Å². The van der Waals surface area contributed by atoms with E-state index in [0.29, 0.717) is 10.8 Å². The summed E-state index contributed by atoms with van der Waals surface area (Å²) in [5, 5.41) is 3.47. The van der Waals surface area contributed by atoms with Gasteiger partial charge in [-0.05, 0) is 52.3 Å². The Morgan fingerprint density at radius 3 is 2.56 bits per heavy atom. The van der Waals surface area contributed by atoms with Crippen LogP contribution in [0.3, 0.4) is 0 Å². The highest BCUT2D eigenvalue weighted by Gasteiger charge is 2.21. The summed E-state index contributed by atoms with van der Waals surface area (Å²) >= 11 is 5.91. The van der Waals surface area contributed by atoms with Crippen LogP contribution < -0.4 is 10.1 Å². The van der Waals surface area contributed by atoms with Crippen LogP contribution in [0.2, 0.25) is 5.02 Å². The molecule has 1 aromatic rings. The lowest BCUT2D eigenvalue weighted by atomic mass is 10.1. The van der Waals surface area contributed by atoms with Crippen LogP contribution in [0.1, 0.15) is 33.3 Å². The fourth-order valence-electron chi connectivity index (χ4n) is 1.42. The van der Waals surface area contributed by atoms with Crippen molar-refractivity contribution in [3.05, 3.63) is 28.8 Å². The number of halogens is 1. The van der Waals surface area contributed by atoms with Gasteiger partial charge in [-0.1, -0.05) is 17.7 Å². The van der Waals surface area contributed by atoms with E-state index < -0.39 is 6.10 Å². The molecule has 0 fully saturated rings. The van der Waals surface area contributed by atoms with Gasteiger partial charge in [0.1, 0.15) is 5.75 Å². The lowest BCUT2D eigenvalue weighted by Gasteiger charge is -2.24. The first-order valence-electron chi connectivity index (χ1n) is 5.94. The monoisotopic (exact) mass is 269 g/mol. The lowest BCUT2D eigenvalue weighted by Crippen LogP contribution is -2.46. The average molecular weight is 270 g/mol. The molecule has 0 aromatic heterocycles. The van der Waals surface area contributed by atoms with Gasteiger partial charge in [0.05, 0.1) is 0 Å². The molecule has 1 atom stereocenters. The molecule has 0 saturated carbocycles. The number of carbonyl (C=O) groups excluding carboxylic acids is 1. The van der Waals surface area contributed by atoms with Gasteiger partial charge in [0.15, 0.2) is 6.10 Å². The van der Waals surface area contributed by atoms with E-state index >= 15 is 0 Å². The van der Waals surface area contributed by atoms with Crippen LogP contribution in [-0.4, -0.2) is 17.6 Å². The van der Waals surface area contributed by atoms with Crippen molar-refractivity contribution < 1.29 is 9.53 Å². The minimum absolute atomic E-state index is 0.137. The fraction of sp³-hybridized carbons (Fsp3) is 0.500. The minimum Gasteiger partial charge on any atom is -0.481 e. The standard InChI is InChI=1S/C14H20ClNO2/c1-9-6-7-11(15)8-12(9)18-10(2)13(17)16-14(3,4)5/h6-8,10H,1-5H3,(H,16,17). The van der Waals surface area contributed by atoms with Crippen molar-refractivity contribution in [2.75, 3.05) is 0 Å². The summed E-state index contributed by atoms with van der Waals surface area (Å²) < 4.78 is 5.64. The van der Waals surface area contributed by atoms with Crippen molar-refractivity contribution in [3.8, 4) is 5.75 Å². The van der Waals surface area contributed by atoms with Gasteiger partial charge in [0.25, 0.3) is 5.91 Å². The van der Waals surface area contributed by atoms with Crippen molar-refractivity contribution in [3.63, 3.8) is 0 Å².